The van der Waals surface area contributed by atoms with Crippen molar-refractivity contribution in [3.05, 3.63) is 117 Å². The van der Waals surface area contributed by atoms with E-state index in [4.69, 9.17) is 16.3 Å². The van der Waals surface area contributed by atoms with Crippen molar-refractivity contribution in [1.82, 2.24) is 19.5 Å². The van der Waals surface area contributed by atoms with Gasteiger partial charge in [0.1, 0.15) is 5.75 Å². The summed E-state index contributed by atoms with van der Waals surface area (Å²) in [5, 5.41) is 0.645. The molecule has 5 aromatic rings. The Hall–Kier alpha value is -4.48. The van der Waals surface area contributed by atoms with Crippen LogP contribution in [0.25, 0.3) is 10.9 Å². The number of sulfonamides is 1. The first-order chi connectivity index (χ1) is 17.8. The number of hydrogen-bond donors (Lipinski definition) is 2. The maximum Gasteiger partial charge on any atom is 0.329 e. The highest BCUT2D eigenvalue weighted by Crippen LogP contribution is 2.21. The first-order valence-corrected chi connectivity index (χ1v) is 12.7. The predicted octanol–water partition coefficient (Wildman–Crippen LogP) is 3.77. The molecule has 0 radical (unpaired) electrons. The van der Waals surface area contributed by atoms with Crippen molar-refractivity contribution in [2.45, 2.75) is 11.4 Å². The number of benzene rings is 3. The maximum absolute atomic E-state index is 13.2. The molecule has 0 aliphatic rings. The van der Waals surface area contributed by atoms with E-state index in [1.165, 1.54) is 42.7 Å². The zero-order valence-corrected chi connectivity index (χ0v) is 20.5. The van der Waals surface area contributed by atoms with E-state index in [1.54, 1.807) is 42.5 Å². The van der Waals surface area contributed by atoms with Gasteiger partial charge in [0.2, 0.25) is 0 Å². The molecule has 0 bridgehead atoms. The van der Waals surface area contributed by atoms with Gasteiger partial charge in [-0.15, -0.1) is 0 Å². The quantitative estimate of drug-likeness (QED) is 0.323. The highest BCUT2D eigenvalue weighted by Gasteiger charge is 2.15. The number of nitrogens with one attached hydrogen (secondary N) is 2. The highest BCUT2D eigenvalue weighted by atomic mass is 35.5. The van der Waals surface area contributed by atoms with Crippen LogP contribution in [0.4, 0.5) is 5.69 Å². The fourth-order valence-corrected chi connectivity index (χ4v) is 4.80. The van der Waals surface area contributed by atoms with Crippen LogP contribution < -0.4 is 20.7 Å². The molecule has 0 unspecified atom stereocenters. The van der Waals surface area contributed by atoms with Crippen LogP contribution in [0, 0.1) is 0 Å². The van der Waals surface area contributed by atoms with Gasteiger partial charge in [-0.25, -0.2) is 23.2 Å². The van der Waals surface area contributed by atoms with Crippen LogP contribution in [-0.4, -0.2) is 27.9 Å². The molecule has 5 rings (SSSR count). The average molecular weight is 536 g/mol. The van der Waals surface area contributed by atoms with E-state index in [9.17, 15) is 18.0 Å². The predicted molar refractivity (Wildman–Crippen MR) is 139 cm³/mol. The number of ether oxygens (including phenoxy) is 1. The second-order valence-electron chi connectivity index (χ2n) is 7.92. The molecule has 0 saturated heterocycles. The van der Waals surface area contributed by atoms with E-state index in [-0.39, 0.29) is 28.5 Å². The van der Waals surface area contributed by atoms with Crippen molar-refractivity contribution in [3.63, 3.8) is 0 Å². The summed E-state index contributed by atoms with van der Waals surface area (Å²) in [4.78, 5) is 36.6. The van der Waals surface area contributed by atoms with Crippen LogP contribution in [0.3, 0.4) is 0 Å². The molecule has 12 heteroatoms. The number of halogens is 1. The second kappa shape index (κ2) is 9.88. The minimum absolute atomic E-state index is 0.0448. The van der Waals surface area contributed by atoms with Gasteiger partial charge in [0.05, 0.1) is 22.3 Å². The Morgan fingerprint density at radius 2 is 1.70 bits per heavy atom. The van der Waals surface area contributed by atoms with E-state index < -0.39 is 21.3 Å². The first-order valence-electron chi connectivity index (χ1n) is 10.9. The minimum atomic E-state index is -3.86. The van der Waals surface area contributed by atoms with Crippen LogP contribution in [-0.2, 0) is 16.6 Å². The number of fused-ring (bicyclic) bond motifs is 1. The van der Waals surface area contributed by atoms with E-state index >= 15 is 0 Å². The molecule has 37 heavy (non-hydrogen) atoms. The fraction of sp³-hybridized carbons (Fsp3) is 0.0400. The number of aromatic nitrogens is 4. The molecule has 2 aromatic heterocycles. The molecule has 0 atom stereocenters. The zero-order chi connectivity index (χ0) is 26.0. The third kappa shape index (κ3) is 5.37. The monoisotopic (exact) mass is 535 g/mol. The Labute approximate surface area is 215 Å². The van der Waals surface area contributed by atoms with Crippen LogP contribution in [0.2, 0.25) is 5.02 Å². The smallest absolute Gasteiger partial charge is 0.329 e. The van der Waals surface area contributed by atoms with Crippen molar-refractivity contribution in [2.75, 3.05) is 4.72 Å². The lowest BCUT2D eigenvalue weighted by atomic mass is 10.2. The fourth-order valence-electron chi connectivity index (χ4n) is 3.62. The molecule has 2 heterocycles. The van der Waals surface area contributed by atoms with Crippen LogP contribution in [0.1, 0.15) is 5.56 Å². The Kier molecular flexibility index (Phi) is 6.47. The molecule has 0 amide bonds. The Morgan fingerprint density at radius 1 is 0.946 bits per heavy atom. The standard InChI is InChI=1S/C25H18ClN5O5S/c26-17-5-8-20(9-6-17)37(34,35)30-18-4-1-3-16(13-18)15-31-23(32)21-14-19(7-10-22(21)29-25(31)33)36-24-27-11-2-12-28-24/h1-14,30H,15H2,(H,29,33). The van der Waals surface area contributed by atoms with E-state index in [1.807, 2.05) is 0 Å². The largest absolute Gasteiger partial charge is 0.424 e. The molecule has 0 fully saturated rings. The van der Waals surface area contributed by atoms with Crippen molar-refractivity contribution in [3.8, 4) is 11.8 Å². The number of anilines is 1. The first kappa shape index (κ1) is 24.2. The van der Waals surface area contributed by atoms with Gasteiger partial charge in [0.15, 0.2) is 0 Å². The summed E-state index contributed by atoms with van der Waals surface area (Å²) < 4.78 is 34.6. The number of hydrogen-bond acceptors (Lipinski definition) is 7. The number of rotatable bonds is 7. The molecule has 0 saturated carbocycles. The van der Waals surface area contributed by atoms with Gasteiger partial charge in [-0.1, -0.05) is 23.7 Å². The summed E-state index contributed by atoms with van der Waals surface area (Å²) in [6.45, 7) is -0.0898. The average Bonchev–Trinajstić information content (AvgIpc) is 2.88. The van der Waals surface area contributed by atoms with Crippen LogP contribution in [0.5, 0.6) is 11.8 Å². The lowest BCUT2D eigenvalue weighted by molar-refractivity contribution is 0.442. The molecule has 10 nitrogen and oxygen atoms in total. The number of H-pyrrole nitrogens is 1. The van der Waals surface area contributed by atoms with Gasteiger partial charge >= 0.3 is 11.7 Å². The van der Waals surface area contributed by atoms with Gasteiger partial charge in [-0.2, -0.15) is 0 Å². The molecule has 0 spiro atoms. The van der Waals surface area contributed by atoms with Gasteiger partial charge < -0.3 is 9.72 Å². The van der Waals surface area contributed by atoms with E-state index in [0.29, 0.717) is 21.9 Å². The lowest BCUT2D eigenvalue weighted by Gasteiger charge is -2.11. The van der Waals surface area contributed by atoms with Gasteiger partial charge in [-0.05, 0) is 66.2 Å². The number of aromatic amines is 1. The molecule has 0 aliphatic carbocycles. The minimum Gasteiger partial charge on any atom is -0.424 e. The third-order valence-electron chi connectivity index (χ3n) is 5.35. The lowest BCUT2D eigenvalue weighted by Crippen LogP contribution is -2.35. The highest BCUT2D eigenvalue weighted by molar-refractivity contribution is 7.92. The van der Waals surface area contributed by atoms with E-state index in [2.05, 4.69) is 19.7 Å². The Morgan fingerprint density at radius 3 is 2.46 bits per heavy atom. The van der Waals surface area contributed by atoms with Crippen LogP contribution in [0.15, 0.2) is 99.7 Å². The topological polar surface area (TPSA) is 136 Å². The summed E-state index contributed by atoms with van der Waals surface area (Å²) >= 11 is 5.84. The second-order valence-corrected chi connectivity index (χ2v) is 10.0. The number of nitrogens with zero attached hydrogens (tertiary/aromatic N) is 3. The SMILES string of the molecule is O=c1[nH]c2ccc(Oc3ncccn3)cc2c(=O)n1Cc1cccc(NS(=O)(=O)c2ccc(Cl)cc2)c1. The molecular formula is C25H18ClN5O5S. The summed E-state index contributed by atoms with van der Waals surface area (Å²) in [7, 11) is -3.86. The van der Waals surface area contributed by atoms with Gasteiger partial charge in [0, 0.05) is 23.1 Å². The van der Waals surface area contributed by atoms with E-state index in [0.717, 1.165) is 4.57 Å². The van der Waals surface area contributed by atoms with Gasteiger partial charge in [-0.3, -0.25) is 14.1 Å². The molecular weight excluding hydrogens is 518 g/mol. The molecule has 0 aliphatic heterocycles. The molecule has 2 N–H and O–H groups in total. The maximum atomic E-state index is 13.2. The third-order valence-corrected chi connectivity index (χ3v) is 7.00. The summed E-state index contributed by atoms with van der Waals surface area (Å²) in [5.41, 5.74) is 0.0108. The zero-order valence-electron chi connectivity index (χ0n) is 19.0. The Bertz CT molecular complexity index is 1820. The Balaban J connectivity index is 1.43. The molecule has 186 valence electrons. The summed E-state index contributed by atoms with van der Waals surface area (Å²) in [6.07, 6.45) is 3.05. The van der Waals surface area contributed by atoms with Gasteiger partial charge in [0.25, 0.3) is 15.6 Å². The van der Waals surface area contributed by atoms with Crippen molar-refractivity contribution < 1.29 is 13.2 Å². The summed E-state index contributed by atoms with van der Waals surface area (Å²) in [6, 6.07) is 18.6. The summed E-state index contributed by atoms with van der Waals surface area (Å²) in [5.74, 6) is 0.327. The van der Waals surface area contributed by atoms with Crippen molar-refractivity contribution in [2.24, 2.45) is 0 Å². The molecule has 3 aromatic carbocycles. The van der Waals surface area contributed by atoms with Crippen molar-refractivity contribution >= 4 is 38.2 Å². The normalized spacial score (nSPS) is 11.4. The van der Waals surface area contributed by atoms with Crippen LogP contribution >= 0.6 is 11.6 Å². The van der Waals surface area contributed by atoms with Crippen molar-refractivity contribution in [1.29, 1.82) is 0 Å².